The van der Waals surface area contributed by atoms with Gasteiger partial charge in [-0.1, -0.05) is 290 Å². The van der Waals surface area contributed by atoms with Gasteiger partial charge in [0.05, 0.1) is 19.8 Å². The number of phosphoric ester groups is 1. The zero-order chi connectivity index (χ0) is 52.7. The number of aliphatic hydroxyl groups excluding tert-OH is 1. The number of hydrogen-bond acceptors (Lipinski definition) is 10. The molecule has 3 atom stereocenters. The van der Waals surface area contributed by atoms with Gasteiger partial charge >= 0.3 is 25.7 Å². The molecule has 0 heterocycles. The van der Waals surface area contributed by atoms with E-state index in [1.165, 1.54) is 212 Å². The third kappa shape index (κ3) is 53.3. The van der Waals surface area contributed by atoms with E-state index in [1.807, 2.05) is 0 Å². The van der Waals surface area contributed by atoms with Crippen molar-refractivity contribution in [2.24, 2.45) is 0 Å². The normalized spacial score (nSPS) is 13.2. The molecule has 0 rings (SSSR count). The van der Waals surface area contributed by atoms with Crippen molar-refractivity contribution in [2.75, 3.05) is 26.4 Å². The van der Waals surface area contributed by atoms with E-state index in [4.69, 9.17) is 23.3 Å². The second-order valence-electron chi connectivity index (χ2n) is 21.2. The van der Waals surface area contributed by atoms with Gasteiger partial charge in [0.2, 0.25) is 0 Å². The molecule has 0 amide bonds. The Balaban J connectivity index is 4.64. The van der Waals surface area contributed by atoms with Crippen LogP contribution in [0.15, 0.2) is 0 Å². The first kappa shape index (κ1) is 70.5. The second kappa shape index (κ2) is 55.7. The summed E-state index contributed by atoms with van der Waals surface area (Å²) in [5.74, 6) is -1.42. The third-order valence-corrected chi connectivity index (χ3v) is 15.0. The average molecular weight is 1050 g/mol. The van der Waals surface area contributed by atoms with E-state index in [9.17, 15) is 28.9 Å². The lowest BCUT2D eigenvalue weighted by molar-refractivity contribution is -0.161. The van der Waals surface area contributed by atoms with Gasteiger partial charge in [-0.3, -0.25) is 23.4 Å². The fourth-order valence-corrected chi connectivity index (χ4v) is 10.1. The summed E-state index contributed by atoms with van der Waals surface area (Å²) in [6, 6.07) is 0. The first-order valence-electron chi connectivity index (χ1n) is 30.9. The van der Waals surface area contributed by atoms with E-state index < -0.39 is 57.8 Å². The van der Waals surface area contributed by atoms with E-state index in [-0.39, 0.29) is 25.9 Å². The number of carbonyl (C=O) groups excluding carboxylic acids is 3. The van der Waals surface area contributed by atoms with Crippen molar-refractivity contribution < 1.29 is 52.2 Å². The van der Waals surface area contributed by atoms with Gasteiger partial charge in [-0.15, -0.1) is 0 Å². The molecule has 72 heavy (non-hydrogen) atoms. The topological polar surface area (TPSA) is 155 Å². The largest absolute Gasteiger partial charge is 0.472 e. The molecule has 0 aliphatic heterocycles. The Kier molecular flexibility index (Phi) is 54.5. The van der Waals surface area contributed by atoms with Crippen molar-refractivity contribution in [2.45, 2.75) is 341 Å². The molecule has 12 heteroatoms. The van der Waals surface area contributed by atoms with Crippen molar-refractivity contribution in [1.29, 1.82) is 0 Å². The molecule has 0 saturated heterocycles. The van der Waals surface area contributed by atoms with Gasteiger partial charge in [-0.2, -0.15) is 0 Å². The zero-order valence-electron chi connectivity index (χ0n) is 47.4. The molecule has 0 spiro atoms. The lowest BCUT2D eigenvalue weighted by Gasteiger charge is -2.21. The van der Waals surface area contributed by atoms with Gasteiger partial charge in [-0.25, -0.2) is 4.57 Å². The summed E-state index contributed by atoms with van der Waals surface area (Å²) in [6.45, 7) is 4.73. The zero-order valence-corrected chi connectivity index (χ0v) is 48.3. The number of hydrogen-bond donors (Lipinski definition) is 2. The van der Waals surface area contributed by atoms with Gasteiger partial charge in [0.25, 0.3) is 0 Å². The molecule has 0 bridgehead atoms. The van der Waals surface area contributed by atoms with Crippen LogP contribution in [-0.2, 0) is 42.2 Å². The van der Waals surface area contributed by atoms with Crippen LogP contribution in [0.5, 0.6) is 0 Å². The van der Waals surface area contributed by atoms with Crippen LogP contribution in [0, 0.1) is 0 Å². The Bertz CT molecular complexity index is 1220. The summed E-state index contributed by atoms with van der Waals surface area (Å²) in [6.07, 6.45) is 53.4. The lowest BCUT2D eigenvalue weighted by Crippen LogP contribution is -2.30. The SMILES string of the molecule is CCCCCCCCCCCCCCCCCCCC(=O)OCC(COP(=O)(O)OCC(CO)OC(=O)CCCCCCCCCCCCCCC)OC(=O)CCCCCCCCCCCCCCCCC. The minimum atomic E-state index is -4.73. The molecule has 11 nitrogen and oxygen atoms in total. The lowest BCUT2D eigenvalue weighted by atomic mass is 10.0. The molecule has 3 unspecified atom stereocenters. The highest BCUT2D eigenvalue weighted by Crippen LogP contribution is 2.43. The van der Waals surface area contributed by atoms with Crippen LogP contribution in [0.2, 0.25) is 0 Å². The summed E-state index contributed by atoms with van der Waals surface area (Å²) < 4.78 is 39.6. The van der Waals surface area contributed by atoms with E-state index in [0.717, 1.165) is 57.8 Å². The van der Waals surface area contributed by atoms with Gasteiger partial charge in [-0.05, 0) is 19.3 Å². The van der Waals surface area contributed by atoms with E-state index in [0.29, 0.717) is 19.3 Å². The van der Waals surface area contributed by atoms with Crippen molar-refractivity contribution in [1.82, 2.24) is 0 Å². The summed E-state index contributed by atoms with van der Waals surface area (Å²) in [5, 5.41) is 9.82. The quantitative estimate of drug-likeness (QED) is 0.0259. The highest BCUT2D eigenvalue weighted by molar-refractivity contribution is 7.47. The highest BCUT2D eigenvalue weighted by Gasteiger charge is 2.28. The van der Waals surface area contributed by atoms with Crippen LogP contribution < -0.4 is 0 Å². The number of unbranched alkanes of at least 4 members (excludes halogenated alkanes) is 42. The first-order chi connectivity index (χ1) is 35.2. The average Bonchev–Trinajstić information content (AvgIpc) is 3.37. The number of rotatable bonds is 59. The molecular weight excluding hydrogens is 928 g/mol. The monoisotopic (exact) mass is 1040 g/mol. The Hall–Kier alpha value is -1.52. The fourth-order valence-electron chi connectivity index (χ4n) is 9.30. The Labute approximate surface area is 443 Å². The Morgan fingerprint density at radius 3 is 0.819 bits per heavy atom. The van der Waals surface area contributed by atoms with E-state index in [1.54, 1.807) is 0 Å². The highest BCUT2D eigenvalue weighted by atomic mass is 31.2. The molecule has 0 aromatic rings. The predicted octanol–water partition coefficient (Wildman–Crippen LogP) is 18.3. The van der Waals surface area contributed by atoms with Gasteiger partial charge in [0, 0.05) is 19.3 Å². The first-order valence-corrected chi connectivity index (χ1v) is 32.4. The summed E-state index contributed by atoms with van der Waals surface area (Å²) in [4.78, 5) is 48.6. The maximum absolute atomic E-state index is 12.9. The van der Waals surface area contributed by atoms with Gasteiger partial charge in [0.1, 0.15) is 12.7 Å². The van der Waals surface area contributed by atoms with Crippen LogP contribution in [0.25, 0.3) is 0 Å². The number of phosphoric acid groups is 1. The second-order valence-corrected chi connectivity index (χ2v) is 22.7. The number of ether oxygens (including phenoxy) is 3. The minimum absolute atomic E-state index is 0.179. The van der Waals surface area contributed by atoms with Crippen LogP contribution in [0.3, 0.4) is 0 Å². The van der Waals surface area contributed by atoms with Crippen LogP contribution in [0.4, 0.5) is 0 Å². The molecule has 0 aliphatic rings. The summed E-state index contributed by atoms with van der Waals surface area (Å²) >= 11 is 0. The number of aliphatic hydroxyl groups is 1. The molecule has 0 saturated carbocycles. The molecule has 0 aromatic carbocycles. The van der Waals surface area contributed by atoms with Crippen LogP contribution in [-0.4, -0.2) is 66.5 Å². The van der Waals surface area contributed by atoms with Crippen LogP contribution >= 0.6 is 7.82 Å². The number of carbonyl (C=O) groups is 3. The maximum Gasteiger partial charge on any atom is 0.472 e. The van der Waals surface area contributed by atoms with Gasteiger partial charge < -0.3 is 24.2 Å². The van der Waals surface area contributed by atoms with Crippen molar-refractivity contribution in [3.63, 3.8) is 0 Å². The molecule has 428 valence electrons. The van der Waals surface area contributed by atoms with E-state index in [2.05, 4.69) is 20.8 Å². The third-order valence-electron chi connectivity index (χ3n) is 14.0. The minimum Gasteiger partial charge on any atom is -0.462 e. The van der Waals surface area contributed by atoms with Crippen molar-refractivity contribution in [3.8, 4) is 0 Å². The van der Waals surface area contributed by atoms with Crippen molar-refractivity contribution in [3.05, 3.63) is 0 Å². The summed E-state index contributed by atoms with van der Waals surface area (Å²) in [5.41, 5.74) is 0. The van der Waals surface area contributed by atoms with E-state index >= 15 is 0 Å². The number of esters is 3. The molecular formula is C60H117O11P. The molecule has 0 aliphatic carbocycles. The van der Waals surface area contributed by atoms with Crippen LogP contribution in [0.1, 0.15) is 329 Å². The molecule has 2 N–H and O–H groups in total. The Morgan fingerprint density at radius 1 is 0.333 bits per heavy atom. The molecule has 0 aromatic heterocycles. The van der Waals surface area contributed by atoms with Crippen molar-refractivity contribution >= 4 is 25.7 Å². The maximum atomic E-state index is 12.9. The standard InChI is InChI=1S/C60H117O11P/c1-4-7-10-13-16-19-22-25-27-28-30-32-34-37-40-43-46-49-58(62)67-53-57(71-60(64)51-48-45-42-39-36-33-29-26-23-20-17-14-11-8-5-2)55-69-72(65,66)68-54-56(52-61)70-59(63)50-47-44-41-38-35-31-24-21-18-15-12-9-6-3/h56-57,61H,4-55H2,1-3H3,(H,65,66). The molecule has 0 fully saturated rings. The predicted molar refractivity (Wildman–Crippen MR) is 298 cm³/mol. The summed E-state index contributed by atoms with van der Waals surface area (Å²) in [7, 11) is -4.73. The molecule has 0 radical (unpaired) electrons. The fraction of sp³-hybridized carbons (Fsp3) is 0.950. The van der Waals surface area contributed by atoms with Gasteiger partial charge in [0.15, 0.2) is 6.10 Å². The Morgan fingerprint density at radius 2 is 0.556 bits per heavy atom. The smallest absolute Gasteiger partial charge is 0.462 e.